The number of rotatable bonds is 4. The van der Waals surface area contributed by atoms with Gasteiger partial charge in [-0.05, 0) is 6.07 Å². The lowest BCUT2D eigenvalue weighted by Gasteiger charge is -2.16. The summed E-state index contributed by atoms with van der Waals surface area (Å²) in [7, 11) is -0.566. The van der Waals surface area contributed by atoms with Crippen LogP contribution in [0.1, 0.15) is 15.9 Å². The summed E-state index contributed by atoms with van der Waals surface area (Å²) in [6.45, 7) is -0.0197. The van der Waals surface area contributed by atoms with Crippen LogP contribution in [0.25, 0.3) is 22.0 Å². The molecule has 138 valence electrons. The maximum Gasteiger partial charge on any atom is 0.258 e. The number of carbonyl (C=O) groups is 1. The van der Waals surface area contributed by atoms with Crippen LogP contribution in [0.5, 0.6) is 0 Å². The van der Waals surface area contributed by atoms with Gasteiger partial charge in [0.15, 0.2) is 5.78 Å². The number of sulfonamides is 1. The Balaban J connectivity index is 2.02. The Kier molecular flexibility index (Phi) is 4.01. The molecule has 0 fully saturated rings. The van der Waals surface area contributed by atoms with Crippen LogP contribution in [0, 0.1) is 0 Å². The molecule has 0 saturated heterocycles. The lowest BCUT2D eigenvalue weighted by molar-refractivity contribution is 0.104. The first-order chi connectivity index (χ1) is 12.8. The van der Waals surface area contributed by atoms with E-state index in [0.717, 1.165) is 4.31 Å². The minimum atomic E-state index is -3.49. The number of carbonyl (C=O) groups excluding carboxylic acids is 1. The fourth-order valence-electron chi connectivity index (χ4n) is 3.53. The van der Waals surface area contributed by atoms with Crippen LogP contribution in [0.3, 0.4) is 0 Å². The number of pyridine rings is 1. The normalized spacial score (nSPS) is 13.2. The maximum atomic E-state index is 13.1. The van der Waals surface area contributed by atoms with E-state index in [2.05, 4.69) is 0 Å². The number of aromatic nitrogens is 1. The molecular weight excluding hydrogens is 364 g/mol. The van der Waals surface area contributed by atoms with E-state index in [-0.39, 0.29) is 23.6 Å². The van der Waals surface area contributed by atoms with Crippen molar-refractivity contribution in [3.63, 3.8) is 0 Å². The van der Waals surface area contributed by atoms with Gasteiger partial charge < -0.3 is 4.57 Å². The molecule has 6 nitrogen and oxygen atoms in total. The van der Waals surface area contributed by atoms with Crippen molar-refractivity contribution in [1.82, 2.24) is 8.87 Å². The molecule has 27 heavy (non-hydrogen) atoms. The van der Waals surface area contributed by atoms with Crippen molar-refractivity contribution in [1.29, 1.82) is 0 Å². The number of fused-ring (bicyclic) bond motifs is 5. The summed E-state index contributed by atoms with van der Waals surface area (Å²) in [5.74, 6) is -0.359. The fraction of sp³-hybridized carbons (Fsp3) is 0.200. The van der Waals surface area contributed by atoms with E-state index < -0.39 is 10.0 Å². The first kappa shape index (κ1) is 17.6. The molecule has 0 bridgehead atoms. The zero-order valence-corrected chi connectivity index (χ0v) is 15.8. The van der Waals surface area contributed by atoms with E-state index >= 15 is 0 Å². The Labute approximate surface area is 156 Å². The third-order valence-electron chi connectivity index (χ3n) is 4.96. The molecule has 0 saturated carbocycles. The monoisotopic (exact) mass is 382 g/mol. The quantitative estimate of drug-likeness (QED) is 0.542. The highest BCUT2D eigenvalue weighted by Crippen LogP contribution is 2.39. The summed E-state index contributed by atoms with van der Waals surface area (Å²) >= 11 is 0. The highest BCUT2D eigenvalue weighted by Gasteiger charge is 2.32. The van der Waals surface area contributed by atoms with Gasteiger partial charge in [-0.25, -0.2) is 12.7 Å². The van der Waals surface area contributed by atoms with Gasteiger partial charge >= 0.3 is 0 Å². The molecule has 7 heteroatoms. The minimum Gasteiger partial charge on any atom is -0.306 e. The fourth-order valence-corrected chi connectivity index (χ4v) is 4.31. The molecule has 0 aliphatic heterocycles. The first-order valence-electron chi connectivity index (χ1n) is 8.53. The van der Waals surface area contributed by atoms with E-state index in [4.69, 9.17) is 0 Å². The standard InChI is InChI=1S/C20H18N2O4S/c1-21(2)27(25,26)12-11-22-18-14-8-4-5-9-15(14)19(23)17(18)13-7-3-6-10-16(13)20(22)24/h3-10H,11-12H2,1-2H3. The Morgan fingerprint density at radius 1 is 0.889 bits per heavy atom. The van der Waals surface area contributed by atoms with Crippen LogP contribution >= 0.6 is 0 Å². The van der Waals surface area contributed by atoms with Gasteiger partial charge in [-0.2, -0.15) is 0 Å². The van der Waals surface area contributed by atoms with Gasteiger partial charge in [-0.3, -0.25) is 9.59 Å². The number of benzene rings is 2. The molecule has 1 heterocycles. The molecule has 4 rings (SSSR count). The second-order valence-corrected chi connectivity index (χ2v) is 9.00. The van der Waals surface area contributed by atoms with E-state index in [0.29, 0.717) is 33.2 Å². The summed E-state index contributed by atoms with van der Waals surface area (Å²) in [4.78, 5) is 26.2. The molecular formula is C20H18N2O4S. The highest BCUT2D eigenvalue weighted by atomic mass is 32.2. The van der Waals surface area contributed by atoms with Crippen LogP contribution < -0.4 is 5.56 Å². The number of hydrogen-bond donors (Lipinski definition) is 0. The summed E-state index contributed by atoms with van der Waals surface area (Å²) in [5.41, 5.74) is 1.89. The molecule has 2 aromatic carbocycles. The minimum absolute atomic E-state index is 0.0197. The van der Waals surface area contributed by atoms with Gasteiger partial charge in [0.05, 0.1) is 17.0 Å². The first-order valence-corrected chi connectivity index (χ1v) is 10.1. The predicted molar refractivity (Wildman–Crippen MR) is 105 cm³/mol. The molecule has 1 aromatic heterocycles. The highest BCUT2D eigenvalue weighted by molar-refractivity contribution is 7.89. The number of nitrogens with zero attached hydrogens (tertiary/aromatic N) is 2. The maximum absolute atomic E-state index is 13.1. The molecule has 1 aliphatic rings. The molecule has 0 radical (unpaired) electrons. The lowest BCUT2D eigenvalue weighted by atomic mass is 10.0. The third-order valence-corrected chi connectivity index (χ3v) is 6.77. The Hall–Kier alpha value is -2.77. The van der Waals surface area contributed by atoms with Gasteiger partial charge in [-0.15, -0.1) is 0 Å². The van der Waals surface area contributed by atoms with Crippen molar-refractivity contribution in [3.05, 3.63) is 70.0 Å². The molecule has 0 spiro atoms. The zero-order valence-electron chi connectivity index (χ0n) is 15.0. The Bertz CT molecular complexity index is 1260. The largest absolute Gasteiger partial charge is 0.306 e. The molecule has 0 N–H and O–H groups in total. The van der Waals surface area contributed by atoms with Crippen molar-refractivity contribution < 1.29 is 13.2 Å². The molecule has 3 aromatic rings. The van der Waals surface area contributed by atoms with Crippen LogP contribution in [0.2, 0.25) is 0 Å². The second kappa shape index (κ2) is 6.14. The lowest BCUT2D eigenvalue weighted by Crippen LogP contribution is -2.31. The van der Waals surface area contributed by atoms with E-state index in [1.54, 1.807) is 42.5 Å². The van der Waals surface area contributed by atoms with Crippen LogP contribution in [-0.2, 0) is 16.6 Å². The second-order valence-electron chi connectivity index (χ2n) is 6.70. The SMILES string of the molecule is CN(C)S(=O)(=O)CCn1c2c(c3ccccc3c1=O)C(=O)c1ccccc1-2. The number of ketones is 1. The predicted octanol–water partition coefficient (Wildman–Crippen LogP) is 2.10. The topological polar surface area (TPSA) is 76.5 Å². The van der Waals surface area contributed by atoms with Crippen LogP contribution in [0.15, 0.2) is 53.3 Å². The van der Waals surface area contributed by atoms with Gasteiger partial charge in [0.25, 0.3) is 5.56 Å². The van der Waals surface area contributed by atoms with Crippen molar-refractivity contribution in [2.24, 2.45) is 0 Å². The van der Waals surface area contributed by atoms with Gasteiger partial charge in [-0.1, -0.05) is 42.5 Å². The van der Waals surface area contributed by atoms with Gasteiger partial charge in [0.1, 0.15) is 0 Å². The van der Waals surface area contributed by atoms with E-state index in [9.17, 15) is 18.0 Å². The molecule has 1 aliphatic carbocycles. The van der Waals surface area contributed by atoms with Crippen molar-refractivity contribution in [3.8, 4) is 11.3 Å². The van der Waals surface area contributed by atoms with Crippen molar-refractivity contribution in [2.75, 3.05) is 19.8 Å². The average Bonchev–Trinajstić information content (AvgIpc) is 2.95. The zero-order chi connectivity index (χ0) is 19.3. The molecule has 0 unspecified atom stereocenters. The van der Waals surface area contributed by atoms with E-state index in [1.165, 1.54) is 18.7 Å². The summed E-state index contributed by atoms with van der Waals surface area (Å²) in [6.07, 6.45) is 0. The van der Waals surface area contributed by atoms with Crippen LogP contribution in [-0.4, -0.2) is 42.9 Å². The number of hydrogen-bond acceptors (Lipinski definition) is 4. The van der Waals surface area contributed by atoms with Crippen LogP contribution in [0.4, 0.5) is 0 Å². The smallest absolute Gasteiger partial charge is 0.258 e. The summed E-state index contributed by atoms with van der Waals surface area (Å²) in [6, 6.07) is 14.1. The summed E-state index contributed by atoms with van der Waals surface area (Å²) < 4.78 is 27.0. The Morgan fingerprint density at radius 3 is 2.15 bits per heavy atom. The Morgan fingerprint density at radius 2 is 1.48 bits per heavy atom. The molecule has 0 atom stereocenters. The molecule has 0 amide bonds. The third kappa shape index (κ3) is 2.62. The van der Waals surface area contributed by atoms with Gasteiger partial charge in [0.2, 0.25) is 10.0 Å². The van der Waals surface area contributed by atoms with E-state index in [1.807, 2.05) is 6.07 Å². The average molecular weight is 382 g/mol. The summed E-state index contributed by atoms with van der Waals surface area (Å²) in [5, 5.41) is 1.02. The van der Waals surface area contributed by atoms with Crippen molar-refractivity contribution in [2.45, 2.75) is 6.54 Å². The van der Waals surface area contributed by atoms with Crippen molar-refractivity contribution >= 4 is 26.6 Å². The van der Waals surface area contributed by atoms with Gasteiger partial charge in [0, 0.05) is 42.5 Å².